The molecule has 1 aliphatic rings. The van der Waals surface area contributed by atoms with Gasteiger partial charge in [0.1, 0.15) is 0 Å². The Morgan fingerprint density at radius 1 is 1.47 bits per heavy atom. The summed E-state index contributed by atoms with van der Waals surface area (Å²) >= 11 is 0. The Kier molecular flexibility index (Phi) is 4.24. The van der Waals surface area contributed by atoms with Crippen LogP contribution in [0.5, 0.6) is 0 Å². The van der Waals surface area contributed by atoms with E-state index in [0.717, 1.165) is 42.8 Å². The Balaban J connectivity index is 2.22. The van der Waals surface area contributed by atoms with Crippen LogP contribution in [-0.2, 0) is 7.05 Å². The SMILES string of the molecule is Cc1nn(C)c(C)c1C(=O)N(CCCN)C1CCC1. The molecule has 1 heterocycles. The van der Waals surface area contributed by atoms with Gasteiger partial charge in [0.05, 0.1) is 11.3 Å². The fourth-order valence-electron chi connectivity index (χ4n) is 2.64. The van der Waals surface area contributed by atoms with E-state index in [1.54, 1.807) is 4.68 Å². The van der Waals surface area contributed by atoms with Crippen LogP contribution in [0.1, 0.15) is 47.4 Å². The molecule has 1 fully saturated rings. The third-order valence-electron chi connectivity index (χ3n) is 4.10. The van der Waals surface area contributed by atoms with Crippen molar-refractivity contribution in [3.63, 3.8) is 0 Å². The standard InChI is InChI=1S/C14H24N4O/c1-10-13(11(2)17(3)16-10)14(19)18(9-5-8-15)12-6-4-7-12/h12H,4-9,15H2,1-3H3. The van der Waals surface area contributed by atoms with Crippen molar-refractivity contribution in [2.24, 2.45) is 12.8 Å². The molecule has 0 atom stereocenters. The molecule has 1 amide bonds. The molecule has 1 saturated carbocycles. The molecular formula is C14H24N4O. The van der Waals surface area contributed by atoms with Gasteiger partial charge in [-0.25, -0.2) is 0 Å². The Labute approximate surface area is 114 Å². The van der Waals surface area contributed by atoms with E-state index in [1.807, 2.05) is 25.8 Å². The summed E-state index contributed by atoms with van der Waals surface area (Å²) in [6.07, 6.45) is 4.33. The van der Waals surface area contributed by atoms with Crippen molar-refractivity contribution in [2.45, 2.75) is 45.6 Å². The monoisotopic (exact) mass is 264 g/mol. The average Bonchev–Trinajstić information content (AvgIpc) is 2.55. The minimum atomic E-state index is 0.126. The summed E-state index contributed by atoms with van der Waals surface area (Å²) < 4.78 is 1.78. The fourth-order valence-corrected chi connectivity index (χ4v) is 2.64. The first-order chi connectivity index (χ1) is 9.06. The lowest BCUT2D eigenvalue weighted by Gasteiger charge is -2.37. The van der Waals surface area contributed by atoms with Gasteiger partial charge in [0, 0.05) is 25.3 Å². The molecule has 0 radical (unpaired) electrons. The lowest BCUT2D eigenvalue weighted by atomic mass is 9.90. The van der Waals surface area contributed by atoms with Gasteiger partial charge in [-0.15, -0.1) is 0 Å². The molecule has 1 aliphatic carbocycles. The van der Waals surface area contributed by atoms with Crippen molar-refractivity contribution < 1.29 is 4.79 Å². The molecule has 2 rings (SSSR count). The molecule has 0 aliphatic heterocycles. The van der Waals surface area contributed by atoms with E-state index < -0.39 is 0 Å². The van der Waals surface area contributed by atoms with E-state index in [4.69, 9.17) is 5.73 Å². The predicted molar refractivity (Wildman–Crippen MR) is 75.0 cm³/mol. The third-order valence-corrected chi connectivity index (χ3v) is 4.10. The minimum Gasteiger partial charge on any atom is -0.336 e. The molecule has 5 nitrogen and oxygen atoms in total. The molecule has 0 aromatic carbocycles. The van der Waals surface area contributed by atoms with Crippen molar-refractivity contribution in [1.29, 1.82) is 0 Å². The molecule has 0 bridgehead atoms. The third kappa shape index (κ3) is 2.66. The van der Waals surface area contributed by atoms with Gasteiger partial charge in [0.25, 0.3) is 5.91 Å². The Bertz CT molecular complexity index is 462. The molecule has 106 valence electrons. The second-order valence-corrected chi connectivity index (χ2v) is 5.39. The summed E-state index contributed by atoms with van der Waals surface area (Å²) in [5, 5.41) is 4.34. The topological polar surface area (TPSA) is 64.2 Å². The number of nitrogens with two attached hydrogens (primary N) is 1. The highest BCUT2D eigenvalue weighted by atomic mass is 16.2. The number of carbonyl (C=O) groups excluding carboxylic acids is 1. The van der Waals surface area contributed by atoms with Crippen LogP contribution >= 0.6 is 0 Å². The maximum atomic E-state index is 12.8. The van der Waals surface area contributed by atoms with E-state index >= 15 is 0 Å². The number of rotatable bonds is 5. The maximum Gasteiger partial charge on any atom is 0.257 e. The zero-order chi connectivity index (χ0) is 14.0. The number of carbonyl (C=O) groups is 1. The van der Waals surface area contributed by atoms with E-state index in [-0.39, 0.29) is 5.91 Å². The largest absolute Gasteiger partial charge is 0.336 e. The van der Waals surface area contributed by atoms with Crippen molar-refractivity contribution in [3.05, 3.63) is 17.0 Å². The Morgan fingerprint density at radius 2 is 2.16 bits per heavy atom. The van der Waals surface area contributed by atoms with Gasteiger partial charge in [-0.1, -0.05) is 0 Å². The Hall–Kier alpha value is -1.36. The van der Waals surface area contributed by atoms with E-state index in [9.17, 15) is 4.79 Å². The molecule has 1 aromatic heterocycles. The quantitative estimate of drug-likeness (QED) is 0.874. The molecular weight excluding hydrogens is 240 g/mol. The first-order valence-electron chi connectivity index (χ1n) is 7.07. The second-order valence-electron chi connectivity index (χ2n) is 5.39. The van der Waals surface area contributed by atoms with E-state index in [1.165, 1.54) is 6.42 Å². The number of aryl methyl sites for hydroxylation is 2. The first-order valence-corrected chi connectivity index (χ1v) is 7.07. The molecule has 19 heavy (non-hydrogen) atoms. The number of hydrogen-bond acceptors (Lipinski definition) is 3. The zero-order valence-corrected chi connectivity index (χ0v) is 12.1. The van der Waals surface area contributed by atoms with Gasteiger partial charge < -0.3 is 10.6 Å². The molecule has 1 aromatic rings. The van der Waals surface area contributed by atoms with Crippen LogP contribution in [-0.4, -0.2) is 39.7 Å². The highest BCUT2D eigenvalue weighted by Gasteiger charge is 2.31. The molecule has 5 heteroatoms. The van der Waals surface area contributed by atoms with Gasteiger partial charge in [0.15, 0.2) is 0 Å². The van der Waals surface area contributed by atoms with Gasteiger partial charge in [0.2, 0.25) is 0 Å². The van der Waals surface area contributed by atoms with Crippen molar-refractivity contribution in [2.75, 3.05) is 13.1 Å². The van der Waals surface area contributed by atoms with Crippen molar-refractivity contribution in [3.8, 4) is 0 Å². The predicted octanol–water partition coefficient (Wildman–Crippen LogP) is 1.38. The van der Waals surface area contributed by atoms with E-state index in [2.05, 4.69) is 5.10 Å². The summed E-state index contributed by atoms with van der Waals surface area (Å²) in [4.78, 5) is 14.8. The van der Waals surface area contributed by atoms with Crippen LogP contribution in [0.25, 0.3) is 0 Å². The van der Waals surface area contributed by atoms with Crippen LogP contribution in [0.3, 0.4) is 0 Å². The van der Waals surface area contributed by atoms with Crippen LogP contribution in [0, 0.1) is 13.8 Å². The number of nitrogens with zero attached hydrogens (tertiary/aromatic N) is 3. The van der Waals surface area contributed by atoms with E-state index in [0.29, 0.717) is 12.6 Å². The van der Waals surface area contributed by atoms with Gasteiger partial charge in [-0.05, 0) is 46.1 Å². The minimum absolute atomic E-state index is 0.126. The van der Waals surface area contributed by atoms with Gasteiger partial charge in [-0.2, -0.15) is 5.10 Å². The summed E-state index contributed by atoms with van der Waals surface area (Å²) in [5.41, 5.74) is 8.12. The summed E-state index contributed by atoms with van der Waals surface area (Å²) in [6, 6.07) is 0.401. The summed E-state index contributed by atoms with van der Waals surface area (Å²) in [6.45, 7) is 5.24. The highest BCUT2D eigenvalue weighted by molar-refractivity contribution is 5.96. The molecule has 0 saturated heterocycles. The van der Waals surface area contributed by atoms with Crippen LogP contribution in [0.2, 0.25) is 0 Å². The zero-order valence-electron chi connectivity index (χ0n) is 12.1. The van der Waals surface area contributed by atoms with Gasteiger partial charge in [-0.3, -0.25) is 9.48 Å². The smallest absolute Gasteiger partial charge is 0.257 e. The van der Waals surface area contributed by atoms with Crippen LogP contribution < -0.4 is 5.73 Å². The number of amides is 1. The van der Waals surface area contributed by atoms with Crippen molar-refractivity contribution >= 4 is 5.91 Å². The van der Waals surface area contributed by atoms with Crippen molar-refractivity contribution in [1.82, 2.24) is 14.7 Å². The molecule has 0 unspecified atom stereocenters. The normalized spacial score (nSPS) is 15.4. The number of hydrogen-bond donors (Lipinski definition) is 1. The first kappa shape index (κ1) is 14.1. The lowest BCUT2D eigenvalue weighted by Crippen LogP contribution is -2.45. The van der Waals surface area contributed by atoms with Gasteiger partial charge >= 0.3 is 0 Å². The summed E-state index contributed by atoms with van der Waals surface area (Å²) in [5.74, 6) is 0.126. The molecule has 0 spiro atoms. The Morgan fingerprint density at radius 3 is 2.58 bits per heavy atom. The average molecular weight is 264 g/mol. The summed E-state index contributed by atoms with van der Waals surface area (Å²) in [7, 11) is 1.88. The lowest BCUT2D eigenvalue weighted by molar-refractivity contribution is 0.0577. The highest BCUT2D eigenvalue weighted by Crippen LogP contribution is 2.27. The van der Waals surface area contributed by atoms with Crippen LogP contribution in [0.15, 0.2) is 0 Å². The maximum absolute atomic E-state index is 12.8. The fraction of sp³-hybridized carbons (Fsp3) is 0.714. The molecule has 2 N–H and O–H groups in total. The second kappa shape index (κ2) is 5.74. The van der Waals surface area contributed by atoms with Crippen LogP contribution in [0.4, 0.5) is 0 Å². The number of aromatic nitrogens is 2.